The lowest BCUT2D eigenvalue weighted by molar-refractivity contribution is -0.121. The number of tetrazole rings is 1. The van der Waals surface area contributed by atoms with Crippen molar-refractivity contribution < 1.29 is 18.7 Å². The summed E-state index contributed by atoms with van der Waals surface area (Å²) in [6, 6.07) is 8.05. The highest BCUT2D eigenvalue weighted by atomic mass is 19.1. The predicted molar refractivity (Wildman–Crippen MR) is 137 cm³/mol. The summed E-state index contributed by atoms with van der Waals surface area (Å²) in [6.45, 7) is 2.97. The largest absolute Gasteiger partial charge is 0.494 e. The fraction of sp³-hybridized carbons (Fsp3) is 0.462. The van der Waals surface area contributed by atoms with Crippen LogP contribution in [0.2, 0.25) is 0 Å². The van der Waals surface area contributed by atoms with Gasteiger partial charge in [0.05, 0.1) is 13.7 Å². The van der Waals surface area contributed by atoms with Crippen molar-refractivity contribution >= 4 is 11.8 Å². The molecule has 1 aromatic carbocycles. The molecule has 0 saturated heterocycles. The standard InChI is InChI=1S/C26H33FN8O3/c1-16-11-19(13-22(30-16)26(37)29-14-18-5-8-21(27)23(12-18)38-2)25-32-34-35(33-25)15-17-3-6-20(7-4-17)31-24(36)9-10-28/h5,8,11-13,17,20H,3-4,6-7,9-10,14-15,28H2,1-2H3,(H,29,37)(H,31,36). The minimum absolute atomic E-state index is 0.00918. The third kappa shape index (κ3) is 7.09. The van der Waals surface area contributed by atoms with E-state index in [4.69, 9.17) is 10.5 Å². The molecular formula is C26H33FN8O3. The molecule has 38 heavy (non-hydrogen) atoms. The molecule has 1 fully saturated rings. The summed E-state index contributed by atoms with van der Waals surface area (Å²) in [4.78, 5) is 30.5. The quantitative estimate of drug-likeness (QED) is 0.365. The lowest BCUT2D eigenvalue weighted by Gasteiger charge is -2.28. The number of hydrogen-bond acceptors (Lipinski definition) is 8. The summed E-state index contributed by atoms with van der Waals surface area (Å²) in [6.07, 6.45) is 4.10. The van der Waals surface area contributed by atoms with Crippen molar-refractivity contribution in [3.63, 3.8) is 0 Å². The van der Waals surface area contributed by atoms with Crippen molar-refractivity contribution in [2.24, 2.45) is 11.7 Å². The van der Waals surface area contributed by atoms with Gasteiger partial charge in [0.25, 0.3) is 5.91 Å². The first-order valence-electron chi connectivity index (χ1n) is 12.7. The van der Waals surface area contributed by atoms with Crippen LogP contribution in [0.1, 0.15) is 53.8 Å². The minimum Gasteiger partial charge on any atom is -0.494 e. The van der Waals surface area contributed by atoms with E-state index in [1.807, 2.05) is 0 Å². The molecule has 2 aromatic heterocycles. The van der Waals surface area contributed by atoms with E-state index in [1.54, 1.807) is 29.9 Å². The number of benzene rings is 1. The van der Waals surface area contributed by atoms with E-state index in [1.165, 1.54) is 19.2 Å². The molecule has 12 heteroatoms. The van der Waals surface area contributed by atoms with Crippen LogP contribution in [-0.4, -0.2) is 56.7 Å². The first-order chi connectivity index (χ1) is 18.3. The topological polar surface area (TPSA) is 150 Å². The van der Waals surface area contributed by atoms with Gasteiger partial charge in [0.15, 0.2) is 11.6 Å². The van der Waals surface area contributed by atoms with Crippen LogP contribution in [-0.2, 0) is 17.9 Å². The molecule has 2 amide bonds. The zero-order valence-corrected chi connectivity index (χ0v) is 21.6. The van der Waals surface area contributed by atoms with E-state index in [9.17, 15) is 14.0 Å². The van der Waals surface area contributed by atoms with E-state index >= 15 is 0 Å². The number of hydrogen-bond donors (Lipinski definition) is 3. The maximum absolute atomic E-state index is 13.6. The molecule has 1 aliphatic carbocycles. The number of nitrogens with zero attached hydrogens (tertiary/aromatic N) is 5. The molecule has 4 N–H and O–H groups in total. The van der Waals surface area contributed by atoms with Gasteiger partial charge in [0, 0.05) is 36.8 Å². The number of nitrogens with two attached hydrogens (primary N) is 1. The Balaban J connectivity index is 1.35. The zero-order chi connectivity index (χ0) is 27.1. The van der Waals surface area contributed by atoms with Crippen LogP contribution < -0.4 is 21.1 Å². The third-order valence-electron chi connectivity index (χ3n) is 6.57. The van der Waals surface area contributed by atoms with E-state index in [0.717, 1.165) is 25.7 Å². The van der Waals surface area contributed by atoms with Crippen molar-refractivity contribution in [3.8, 4) is 17.1 Å². The molecule has 3 aromatic rings. The Hall–Kier alpha value is -3.93. The highest BCUT2D eigenvalue weighted by molar-refractivity contribution is 5.93. The number of aromatic nitrogens is 5. The van der Waals surface area contributed by atoms with Crippen LogP contribution in [0.5, 0.6) is 5.75 Å². The lowest BCUT2D eigenvalue weighted by Crippen LogP contribution is -2.38. The van der Waals surface area contributed by atoms with Crippen molar-refractivity contribution in [3.05, 3.63) is 53.1 Å². The lowest BCUT2D eigenvalue weighted by atomic mass is 9.86. The summed E-state index contributed by atoms with van der Waals surface area (Å²) in [5, 5.41) is 18.8. The average Bonchev–Trinajstić information content (AvgIpc) is 3.37. The van der Waals surface area contributed by atoms with Gasteiger partial charge < -0.3 is 21.1 Å². The molecular weight excluding hydrogens is 491 g/mol. The molecule has 4 rings (SSSR count). The maximum atomic E-state index is 13.6. The fourth-order valence-electron chi connectivity index (χ4n) is 4.59. The molecule has 0 aliphatic heterocycles. The van der Waals surface area contributed by atoms with E-state index in [0.29, 0.717) is 48.1 Å². The number of aryl methyl sites for hydroxylation is 1. The summed E-state index contributed by atoms with van der Waals surface area (Å²) < 4.78 is 18.6. The summed E-state index contributed by atoms with van der Waals surface area (Å²) >= 11 is 0. The average molecular weight is 525 g/mol. The number of halogens is 1. The third-order valence-corrected chi connectivity index (χ3v) is 6.57. The van der Waals surface area contributed by atoms with E-state index in [-0.39, 0.29) is 35.8 Å². The zero-order valence-electron chi connectivity index (χ0n) is 21.6. The number of carbonyl (C=O) groups is 2. The Morgan fingerprint density at radius 2 is 1.97 bits per heavy atom. The Morgan fingerprint density at radius 1 is 1.18 bits per heavy atom. The number of methoxy groups -OCH3 is 1. The van der Waals surface area contributed by atoms with Crippen LogP contribution in [0.25, 0.3) is 11.4 Å². The number of nitrogens with one attached hydrogen (secondary N) is 2. The van der Waals surface area contributed by atoms with Gasteiger partial charge in [0.2, 0.25) is 11.7 Å². The maximum Gasteiger partial charge on any atom is 0.270 e. The van der Waals surface area contributed by atoms with Gasteiger partial charge in [-0.1, -0.05) is 6.07 Å². The van der Waals surface area contributed by atoms with Gasteiger partial charge in [0.1, 0.15) is 5.69 Å². The van der Waals surface area contributed by atoms with E-state index < -0.39 is 5.82 Å². The number of ether oxygens (including phenoxy) is 1. The van der Waals surface area contributed by atoms with E-state index in [2.05, 4.69) is 31.0 Å². The van der Waals surface area contributed by atoms with Crippen LogP contribution >= 0.6 is 0 Å². The van der Waals surface area contributed by atoms with Gasteiger partial charge in [-0.2, -0.15) is 4.80 Å². The number of amides is 2. The second kappa shape index (κ2) is 12.5. The van der Waals surface area contributed by atoms with Gasteiger partial charge in [-0.3, -0.25) is 9.59 Å². The molecule has 0 bridgehead atoms. The summed E-state index contributed by atoms with van der Waals surface area (Å²) in [7, 11) is 1.39. The highest BCUT2D eigenvalue weighted by Crippen LogP contribution is 2.26. The monoisotopic (exact) mass is 524 g/mol. The Kier molecular flexibility index (Phi) is 8.95. The molecule has 11 nitrogen and oxygen atoms in total. The Morgan fingerprint density at radius 3 is 2.71 bits per heavy atom. The molecule has 0 spiro atoms. The molecule has 0 atom stereocenters. The number of rotatable bonds is 10. The Bertz CT molecular complexity index is 1270. The molecule has 0 unspecified atom stereocenters. The van der Waals surface area contributed by atoms with Crippen LogP contribution in [0.3, 0.4) is 0 Å². The fourth-order valence-corrected chi connectivity index (χ4v) is 4.59. The Labute approximate surface area is 220 Å². The second-order valence-electron chi connectivity index (χ2n) is 9.53. The first kappa shape index (κ1) is 27.1. The van der Waals surface area contributed by atoms with Gasteiger partial charge in [-0.15, -0.1) is 10.2 Å². The van der Waals surface area contributed by atoms with Gasteiger partial charge >= 0.3 is 0 Å². The minimum atomic E-state index is -0.465. The molecule has 2 heterocycles. The van der Waals surface area contributed by atoms with Crippen LogP contribution in [0.15, 0.2) is 30.3 Å². The van der Waals surface area contributed by atoms with Gasteiger partial charge in [-0.05, 0) is 73.6 Å². The van der Waals surface area contributed by atoms with Crippen molar-refractivity contribution in [1.82, 2.24) is 35.8 Å². The molecule has 202 valence electrons. The normalized spacial score (nSPS) is 17.2. The smallest absolute Gasteiger partial charge is 0.270 e. The van der Waals surface area contributed by atoms with Crippen molar-refractivity contribution in [2.75, 3.05) is 13.7 Å². The van der Waals surface area contributed by atoms with Crippen LogP contribution in [0, 0.1) is 18.7 Å². The van der Waals surface area contributed by atoms with Crippen molar-refractivity contribution in [2.45, 2.75) is 58.2 Å². The summed E-state index contributed by atoms with van der Waals surface area (Å²) in [5.74, 6) is 0.0912. The molecule has 0 radical (unpaired) electrons. The molecule has 1 saturated carbocycles. The predicted octanol–water partition coefficient (Wildman–Crippen LogP) is 2.15. The molecule has 1 aliphatic rings. The van der Waals surface area contributed by atoms with Crippen molar-refractivity contribution in [1.29, 1.82) is 0 Å². The number of carbonyl (C=O) groups excluding carboxylic acids is 2. The van der Waals surface area contributed by atoms with Gasteiger partial charge in [-0.25, -0.2) is 9.37 Å². The SMILES string of the molecule is COc1cc(CNC(=O)c2cc(-c3nnn(CC4CCC(NC(=O)CCN)CC4)n3)cc(C)n2)ccc1F. The number of pyridine rings is 1. The highest BCUT2D eigenvalue weighted by Gasteiger charge is 2.23. The second-order valence-corrected chi connectivity index (χ2v) is 9.53. The first-order valence-corrected chi connectivity index (χ1v) is 12.7. The summed E-state index contributed by atoms with van der Waals surface area (Å²) in [5.41, 5.74) is 7.65. The van der Waals surface area contributed by atoms with Crippen LogP contribution in [0.4, 0.5) is 4.39 Å².